The first-order valence-corrected chi connectivity index (χ1v) is 7.47. The van der Waals surface area contributed by atoms with Gasteiger partial charge in [-0.2, -0.15) is 0 Å². The zero-order chi connectivity index (χ0) is 15.0. The van der Waals surface area contributed by atoms with E-state index < -0.39 is 6.03 Å². The SMILES string of the molecule is CC(C)CNC(=O)NC(=O)CN(C)CC1CCCCN1. The minimum absolute atomic E-state index is 0.243. The molecule has 0 aromatic heterocycles. The van der Waals surface area contributed by atoms with Gasteiger partial charge in [0.1, 0.15) is 0 Å². The lowest BCUT2D eigenvalue weighted by molar-refractivity contribution is -0.120. The van der Waals surface area contributed by atoms with Gasteiger partial charge in [-0.05, 0) is 32.4 Å². The summed E-state index contributed by atoms with van der Waals surface area (Å²) in [6.45, 7) is 6.72. The first kappa shape index (κ1) is 16.9. The summed E-state index contributed by atoms with van der Waals surface area (Å²) in [6, 6.07) is 0.0456. The van der Waals surface area contributed by atoms with Gasteiger partial charge in [0.15, 0.2) is 0 Å². The van der Waals surface area contributed by atoms with Crippen LogP contribution in [0.4, 0.5) is 4.79 Å². The summed E-state index contributed by atoms with van der Waals surface area (Å²) >= 11 is 0. The fraction of sp³-hybridized carbons (Fsp3) is 0.857. The summed E-state index contributed by atoms with van der Waals surface area (Å²) in [5.74, 6) is 0.112. The fourth-order valence-corrected chi connectivity index (χ4v) is 2.27. The summed E-state index contributed by atoms with van der Waals surface area (Å²) in [6.07, 6.45) is 3.63. The van der Waals surface area contributed by atoms with Crippen LogP contribution < -0.4 is 16.0 Å². The number of hydrogen-bond donors (Lipinski definition) is 3. The number of likely N-dealkylation sites (N-methyl/N-ethyl adjacent to an activating group) is 1. The molecule has 6 heteroatoms. The predicted octanol–water partition coefficient (Wildman–Crippen LogP) is 0.542. The Balaban J connectivity index is 2.18. The summed E-state index contributed by atoms with van der Waals surface area (Å²) in [5, 5.41) is 8.46. The van der Waals surface area contributed by atoms with Gasteiger partial charge in [0.2, 0.25) is 5.91 Å². The molecule has 1 saturated heterocycles. The molecule has 1 unspecified atom stereocenters. The van der Waals surface area contributed by atoms with Crippen molar-refractivity contribution in [1.82, 2.24) is 20.9 Å². The van der Waals surface area contributed by atoms with Crippen LogP contribution in [0.15, 0.2) is 0 Å². The lowest BCUT2D eigenvalue weighted by Crippen LogP contribution is -2.47. The Hall–Kier alpha value is -1.14. The van der Waals surface area contributed by atoms with Gasteiger partial charge < -0.3 is 10.6 Å². The number of nitrogens with one attached hydrogen (secondary N) is 3. The molecule has 1 aliphatic heterocycles. The van der Waals surface area contributed by atoms with Crippen LogP contribution in [0.1, 0.15) is 33.1 Å². The van der Waals surface area contributed by atoms with Gasteiger partial charge in [0, 0.05) is 19.1 Å². The Morgan fingerprint density at radius 1 is 1.35 bits per heavy atom. The highest BCUT2D eigenvalue weighted by Gasteiger charge is 2.16. The average Bonchev–Trinajstić information content (AvgIpc) is 2.37. The number of carbonyl (C=O) groups excluding carboxylic acids is 2. The first-order chi connectivity index (χ1) is 9.47. The summed E-state index contributed by atoms with van der Waals surface area (Å²) < 4.78 is 0. The number of rotatable bonds is 6. The standard InChI is InChI=1S/C14H28N4O2/c1-11(2)8-16-14(20)17-13(19)10-18(3)9-12-6-4-5-7-15-12/h11-12,15H,4-10H2,1-3H3,(H2,16,17,19,20). The fourth-order valence-electron chi connectivity index (χ4n) is 2.27. The van der Waals surface area contributed by atoms with Crippen molar-refractivity contribution in [3.8, 4) is 0 Å². The Morgan fingerprint density at radius 3 is 2.70 bits per heavy atom. The maximum Gasteiger partial charge on any atom is 0.321 e. The number of imide groups is 1. The van der Waals surface area contributed by atoms with Gasteiger partial charge in [0.05, 0.1) is 6.54 Å². The van der Waals surface area contributed by atoms with Gasteiger partial charge >= 0.3 is 6.03 Å². The maximum absolute atomic E-state index is 11.7. The zero-order valence-electron chi connectivity index (χ0n) is 12.9. The molecule has 0 aliphatic carbocycles. The Morgan fingerprint density at radius 2 is 2.10 bits per heavy atom. The van der Waals surface area contributed by atoms with Gasteiger partial charge in [-0.15, -0.1) is 0 Å². The highest BCUT2D eigenvalue weighted by molar-refractivity contribution is 5.95. The van der Waals surface area contributed by atoms with E-state index in [2.05, 4.69) is 16.0 Å². The smallest absolute Gasteiger partial charge is 0.321 e. The molecule has 0 bridgehead atoms. The van der Waals surface area contributed by atoms with Gasteiger partial charge in [-0.25, -0.2) is 4.79 Å². The topological polar surface area (TPSA) is 73.5 Å². The molecule has 0 aromatic carbocycles. The first-order valence-electron chi connectivity index (χ1n) is 7.47. The molecule has 1 fully saturated rings. The molecule has 1 aliphatic rings. The summed E-state index contributed by atoms with van der Waals surface area (Å²) in [5.41, 5.74) is 0. The molecular formula is C14H28N4O2. The molecule has 116 valence electrons. The third-order valence-electron chi connectivity index (χ3n) is 3.28. The second-order valence-electron chi connectivity index (χ2n) is 6.00. The molecular weight excluding hydrogens is 256 g/mol. The molecule has 0 radical (unpaired) electrons. The van der Waals surface area contributed by atoms with E-state index >= 15 is 0 Å². The third kappa shape index (κ3) is 7.45. The van der Waals surface area contributed by atoms with Crippen LogP contribution in [0.25, 0.3) is 0 Å². The molecule has 1 heterocycles. The van der Waals surface area contributed by atoms with E-state index in [4.69, 9.17) is 0 Å². The van der Waals surface area contributed by atoms with Crippen molar-refractivity contribution in [3.05, 3.63) is 0 Å². The summed E-state index contributed by atoms with van der Waals surface area (Å²) in [4.78, 5) is 25.1. The molecule has 20 heavy (non-hydrogen) atoms. The molecule has 1 rings (SSSR count). The highest BCUT2D eigenvalue weighted by atomic mass is 16.2. The van der Waals surface area contributed by atoms with E-state index in [1.54, 1.807) is 0 Å². The van der Waals surface area contributed by atoms with E-state index in [0.29, 0.717) is 18.5 Å². The van der Waals surface area contributed by atoms with E-state index in [0.717, 1.165) is 19.5 Å². The van der Waals surface area contributed by atoms with Crippen molar-refractivity contribution < 1.29 is 9.59 Å². The minimum atomic E-state index is -0.409. The summed E-state index contributed by atoms with van der Waals surface area (Å²) in [7, 11) is 1.90. The van der Waals surface area contributed by atoms with Gasteiger partial charge in [-0.3, -0.25) is 15.0 Å². The van der Waals surface area contributed by atoms with Crippen LogP contribution in [0, 0.1) is 5.92 Å². The minimum Gasteiger partial charge on any atom is -0.338 e. The van der Waals surface area contributed by atoms with E-state index in [1.807, 2.05) is 25.8 Å². The molecule has 6 nitrogen and oxygen atoms in total. The molecule has 3 N–H and O–H groups in total. The average molecular weight is 284 g/mol. The number of hydrogen-bond acceptors (Lipinski definition) is 4. The molecule has 3 amide bonds. The lowest BCUT2D eigenvalue weighted by Gasteiger charge is -2.27. The molecule has 0 saturated carbocycles. The van der Waals surface area contributed by atoms with E-state index in [9.17, 15) is 9.59 Å². The molecule has 0 aromatic rings. The normalized spacial score (nSPS) is 19.1. The van der Waals surface area contributed by atoms with Crippen molar-refractivity contribution in [2.45, 2.75) is 39.2 Å². The van der Waals surface area contributed by atoms with Crippen LogP contribution in [-0.2, 0) is 4.79 Å². The van der Waals surface area contributed by atoms with Crippen LogP contribution >= 0.6 is 0 Å². The Labute approximate surface area is 121 Å². The van der Waals surface area contributed by atoms with Crippen LogP contribution in [0.2, 0.25) is 0 Å². The monoisotopic (exact) mass is 284 g/mol. The van der Waals surface area contributed by atoms with Crippen LogP contribution in [0.5, 0.6) is 0 Å². The van der Waals surface area contributed by atoms with E-state index in [1.165, 1.54) is 12.8 Å². The lowest BCUT2D eigenvalue weighted by atomic mass is 10.0. The number of nitrogens with zero attached hydrogens (tertiary/aromatic N) is 1. The number of piperidine rings is 1. The second-order valence-corrected chi connectivity index (χ2v) is 6.00. The molecule has 1 atom stereocenters. The molecule has 0 spiro atoms. The van der Waals surface area contributed by atoms with E-state index in [-0.39, 0.29) is 12.5 Å². The van der Waals surface area contributed by atoms with Crippen molar-refractivity contribution >= 4 is 11.9 Å². The Bertz CT molecular complexity index is 314. The van der Waals surface area contributed by atoms with Crippen molar-refractivity contribution in [2.24, 2.45) is 5.92 Å². The van der Waals surface area contributed by atoms with Gasteiger partial charge in [-0.1, -0.05) is 20.3 Å². The van der Waals surface area contributed by atoms with Crippen LogP contribution in [-0.4, -0.2) is 56.1 Å². The second kappa shape index (κ2) is 8.92. The zero-order valence-corrected chi connectivity index (χ0v) is 12.9. The van der Waals surface area contributed by atoms with Crippen molar-refractivity contribution in [1.29, 1.82) is 0 Å². The quantitative estimate of drug-likeness (QED) is 0.666. The number of amides is 3. The van der Waals surface area contributed by atoms with Crippen molar-refractivity contribution in [2.75, 3.05) is 33.2 Å². The Kier molecular flexibility index (Phi) is 7.54. The van der Waals surface area contributed by atoms with Crippen molar-refractivity contribution in [3.63, 3.8) is 0 Å². The highest BCUT2D eigenvalue weighted by Crippen LogP contribution is 2.07. The third-order valence-corrected chi connectivity index (χ3v) is 3.28. The predicted molar refractivity (Wildman–Crippen MR) is 79.5 cm³/mol. The van der Waals surface area contributed by atoms with Crippen LogP contribution in [0.3, 0.4) is 0 Å². The maximum atomic E-state index is 11.7. The number of carbonyl (C=O) groups is 2. The number of urea groups is 1. The largest absolute Gasteiger partial charge is 0.338 e. The van der Waals surface area contributed by atoms with Gasteiger partial charge in [0.25, 0.3) is 0 Å².